The van der Waals surface area contributed by atoms with Gasteiger partial charge in [-0.1, -0.05) is 11.6 Å². The number of nitrogens with zero attached hydrogens (tertiary/aromatic N) is 2. The van der Waals surface area contributed by atoms with E-state index in [0.717, 1.165) is 5.69 Å². The average molecular weight is 202 g/mol. The smallest absolute Gasteiger partial charge is 0.174 e. The molecule has 0 aliphatic carbocycles. The molecule has 1 aromatic rings. The quantitative estimate of drug-likeness (QED) is 0.507. The van der Waals surface area contributed by atoms with E-state index < -0.39 is 0 Å². The summed E-state index contributed by atoms with van der Waals surface area (Å²) in [6.45, 7) is 4.01. The number of aromatic nitrogens is 2. The summed E-state index contributed by atoms with van der Waals surface area (Å²) in [4.78, 5) is 0. The van der Waals surface area contributed by atoms with E-state index >= 15 is 0 Å². The lowest BCUT2D eigenvalue weighted by Gasteiger charge is -2.11. The Bertz CT molecular complexity index is 288. The fourth-order valence-electron chi connectivity index (χ4n) is 0.860. The van der Waals surface area contributed by atoms with E-state index in [1.165, 1.54) is 0 Å². The van der Waals surface area contributed by atoms with E-state index in [9.17, 15) is 0 Å². The van der Waals surface area contributed by atoms with Crippen LogP contribution in [-0.2, 0) is 0 Å². The number of hydrazine groups is 1. The third kappa shape index (κ3) is 2.71. The minimum atomic E-state index is 0.285. The fourth-order valence-corrected chi connectivity index (χ4v) is 1.01. The highest BCUT2D eigenvalue weighted by Crippen LogP contribution is 2.20. The van der Waals surface area contributed by atoms with Crippen molar-refractivity contribution in [2.45, 2.75) is 19.9 Å². The molecule has 0 amide bonds. The Balaban J connectivity index is 2.90. The van der Waals surface area contributed by atoms with Gasteiger partial charge in [0.25, 0.3) is 0 Å². The second-order valence-electron chi connectivity index (χ2n) is 2.88. The van der Waals surface area contributed by atoms with Gasteiger partial charge in [-0.15, -0.1) is 10.2 Å². The number of anilines is 2. The zero-order valence-electron chi connectivity index (χ0n) is 7.50. The first kappa shape index (κ1) is 10.0. The van der Waals surface area contributed by atoms with Gasteiger partial charge in [0.15, 0.2) is 11.0 Å². The lowest BCUT2D eigenvalue weighted by Crippen LogP contribution is -2.13. The monoisotopic (exact) mass is 201 g/mol. The molecule has 0 radical (unpaired) electrons. The number of nitrogen functional groups attached to an aromatic ring is 1. The molecule has 0 atom stereocenters. The van der Waals surface area contributed by atoms with Crippen LogP contribution in [0.1, 0.15) is 13.8 Å². The number of halogens is 1. The Hall–Kier alpha value is -1.07. The van der Waals surface area contributed by atoms with Crippen LogP contribution in [0.4, 0.5) is 11.5 Å². The normalized spacial score (nSPS) is 10.2. The maximum Gasteiger partial charge on any atom is 0.174 e. The Morgan fingerprint density at radius 2 is 2.15 bits per heavy atom. The SMILES string of the molecule is CC(C)Nc1cc(NN)nnc1Cl. The fraction of sp³-hybridized carbons (Fsp3) is 0.429. The van der Waals surface area contributed by atoms with Gasteiger partial charge in [0.2, 0.25) is 0 Å². The second-order valence-corrected chi connectivity index (χ2v) is 3.24. The minimum Gasteiger partial charge on any atom is -0.380 e. The Morgan fingerprint density at radius 1 is 1.46 bits per heavy atom. The summed E-state index contributed by atoms with van der Waals surface area (Å²) >= 11 is 5.79. The molecule has 0 aliphatic rings. The molecule has 4 N–H and O–H groups in total. The minimum absolute atomic E-state index is 0.285. The van der Waals surface area contributed by atoms with Crippen LogP contribution in [0.25, 0.3) is 0 Å². The lowest BCUT2D eigenvalue weighted by atomic mass is 10.3. The van der Waals surface area contributed by atoms with Gasteiger partial charge in [-0.3, -0.25) is 0 Å². The van der Waals surface area contributed by atoms with Crippen LogP contribution in [0.5, 0.6) is 0 Å². The van der Waals surface area contributed by atoms with Gasteiger partial charge in [-0.25, -0.2) is 5.84 Å². The molecule has 0 saturated heterocycles. The number of hydrogen-bond acceptors (Lipinski definition) is 5. The van der Waals surface area contributed by atoms with E-state index in [2.05, 4.69) is 20.9 Å². The molecule has 1 aromatic heterocycles. The summed E-state index contributed by atoms with van der Waals surface area (Å²) in [6, 6.07) is 1.99. The maximum atomic E-state index is 5.79. The zero-order chi connectivity index (χ0) is 9.84. The standard InChI is InChI=1S/C7H12ClN5/c1-4(2)10-5-3-6(11-9)12-13-7(5)8/h3-4H,9H2,1-2H3,(H2,10,11,12). The van der Waals surface area contributed by atoms with Crippen molar-refractivity contribution < 1.29 is 0 Å². The Morgan fingerprint density at radius 3 is 2.69 bits per heavy atom. The summed E-state index contributed by atoms with van der Waals surface area (Å²) in [5.41, 5.74) is 3.12. The molecule has 5 nitrogen and oxygen atoms in total. The van der Waals surface area contributed by atoms with Gasteiger partial charge in [0, 0.05) is 12.1 Å². The third-order valence-electron chi connectivity index (χ3n) is 1.34. The first-order valence-corrected chi connectivity index (χ1v) is 4.27. The first-order valence-electron chi connectivity index (χ1n) is 3.90. The van der Waals surface area contributed by atoms with Gasteiger partial charge in [0.1, 0.15) is 0 Å². The molecule has 0 aliphatic heterocycles. The number of rotatable bonds is 3. The van der Waals surface area contributed by atoms with E-state index in [1.54, 1.807) is 6.07 Å². The lowest BCUT2D eigenvalue weighted by molar-refractivity contribution is 0.892. The highest BCUT2D eigenvalue weighted by Gasteiger charge is 2.04. The number of nitrogens with two attached hydrogens (primary N) is 1. The summed E-state index contributed by atoms with van der Waals surface area (Å²) in [5, 5.41) is 10.9. The van der Waals surface area contributed by atoms with Gasteiger partial charge < -0.3 is 10.7 Å². The topological polar surface area (TPSA) is 75.9 Å². The molecule has 1 rings (SSSR count). The molecule has 0 aromatic carbocycles. The maximum absolute atomic E-state index is 5.79. The molecule has 0 spiro atoms. The van der Waals surface area contributed by atoms with E-state index in [0.29, 0.717) is 11.0 Å². The van der Waals surface area contributed by atoms with Crippen LogP contribution in [-0.4, -0.2) is 16.2 Å². The van der Waals surface area contributed by atoms with Gasteiger partial charge in [0.05, 0.1) is 5.69 Å². The highest BCUT2D eigenvalue weighted by molar-refractivity contribution is 6.31. The molecule has 6 heteroatoms. The molecular weight excluding hydrogens is 190 g/mol. The van der Waals surface area contributed by atoms with E-state index in [4.69, 9.17) is 17.4 Å². The van der Waals surface area contributed by atoms with Gasteiger partial charge in [-0.2, -0.15) is 0 Å². The van der Waals surface area contributed by atoms with Crippen LogP contribution in [0, 0.1) is 0 Å². The average Bonchev–Trinajstić information content (AvgIpc) is 2.08. The van der Waals surface area contributed by atoms with E-state index in [1.807, 2.05) is 13.8 Å². The van der Waals surface area contributed by atoms with Crippen molar-refractivity contribution in [2.75, 3.05) is 10.7 Å². The summed E-state index contributed by atoms with van der Waals surface area (Å²) in [7, 11) is 0. The number of nitrogens with one attached hydrogen (secondary N) is 2. The van der Waals surface area contributed by atoms with Crippen molar-refractivity contribution in [1.82, 2.24) is 10.2 Å². The summed E-state index contributed by atoms with van der Waals surface area (Å²) < 4.78 is 0. The molecule has 0 bridgehead atoms. The van der Waals surface area contributed by atoms with Crippen LogP contribution in [0.2, 0.25) is 5.15 Å². The Kier molecular flexibility index (Phi) is 3.27. The first-order chi connectivity index (χ1) is 6.13. The summed E-state index contributed by atoms with van der Waals surface area (Å²) in [5.74, 6) is 5.66. The number of hydrogen-bond donors (Lipinski definition) is 3. The molecule has 0 fully saturated rings. The molecule has 72 valence electrons. The van der Waals surface area contributed by atoms with Crippen molar-refractivity contribution in [1.29, 1.82) is 0 Å². The Labute approximate surface area is 81.6 Å². The molecule has 1 heterocycles. The second kappa shape index (κ2) is 4.25. The van der Waals surface area contributed by atoms with Crippen molar-refractivity contribution in [3.63, 3.8) is 0 Å². The van der Waals surface area contributed by atoms with Crippen LogP contribution < -0.4 is 16.6 Å². The van der Waals surface area contributed by atoms with Crippen molar-refractivity contribution in [3.05, 3.63) is 11.2 Å². The van der Waals surface area contributed by atoms with Crippen molar-refractivity contribution >= 4 is 23.1 Å². The molecular formula is C7H12ClN5. The van der Waals surface area contributed by atoms with Gasteiger partial charge in [-0.05, 0) is 13.8 Å². The van der Waals surface area contributed by atoms with Crippen LogP contribution in [0.15, 0.2) is 6.07 Å². The zero-order valence-corrected chi connectivity index (χ0v) is 8.26. The van der Waals surface area contributed by atoms with E-state index in [-0.39, 0.29) is 6.04 Å². The summed E-state index contributed by atoms with van der Waals surface area (Å²) in [6.07, 6.45) is 0. The largest absolute Gasteiger partial charge is 0.380 e. The van der Waals surface area contributed by atoms with Crippen LogP contribution >= 0.6 is 11.6 Å². The van der Waals surface area contributed by atoms with Crippen LogP contribution in [0.3, 0.4) is 0 Å². The predicted octanol–water partition coefficient (Wildman–Crippen LogP) is 1.24. The third-order valence-corrected chi connectivity index (χ3v) is 1.62. The predicted molar refractivity (Wildman–Crippen MR) is 53.6 cm³/mol. The molecule has 13 heavy (non-hydrogen) atoms. The van der Waals surface area contributed by atoms with Gasteiger partial charge >= 0.3 is 0 Å². The highest BCUT2D eigenvalue weighted by atomic mass is 35.5. The molecule has 0 saturated carbocycles. The van der Waals surface area contributed by atoms with Crippen molar-refractivity contribution in [2.24, 2.45) is 5.84 Å². The van der Waals surface area contributed by atoms with Crippen molar-refractivity contribution in [3.8, 4) is 0 Å². The molecule has 0 unspecified atom stereocenters.